The monoisotopic (exact) mass is 311 g/mol. The van der Waals surface area contributed by atoms with E-state index < -0.39 is 10.0 Å². The maximum atomic E-state index is 12.0. The standard InChI is InChI=1S/C14H21N3O3S/c1-21(19,20)17-9-3-8-16-14(18)12-5-6-13-11(10-12)4-2-7-15-13/h5-6,10,15,17H,2-4,7-9H2,1H3,(H,16,18). The van der Waals surface area contributed by atoms with Crippen LogP contribution in [0.25, 0.3) is 0 Å². The lowest BCUT2D eigenvalue weighted by molar-refractivity contribution is 0.0953. The molecular weight excluding hydrogens is 290 g/mol. The summed E-state index contributed by atoms with van der Waals surface area (Å²) in [4.78, 5) is 12.0. The largest absolute Gasteiger partial charge is 0.385 e. The molecule has 6 nitrogen and oxygen atoms in total. The van der Waals surface area contributed by atoms with Crippen LogP contribution in [0.3, 0.4) is 0 Å². The van der Waals surface area contributed by atoms with Crippen molar-refractivity contribution in [1.82, 2.24) is 10.0 Å². The van der Waals surface area contributed by atoms with E-state index in [1.165, 1.54) is 5.56 Å². The molecule has 0 saturated carbocycles. The van der Waals surface area contributed by atoms with Crippen LogP contribution in [0.4, 0.5) is 5.69 Å². The fraction of sp³-hybridized carbons (Fsp3) is 0.500. The number of fused-ring (bicyclic) bond motifs is 1. The second-order valence-electron chi connectivity index (χ2n) is 5.18. The Kier molecular flexibility index (Phi) is 5.19. The average Bonchev–Trinajstić information content (AvgIpc) is 2.45. The second kappa shape index (κ2) is 6.91. The molecule has 0 aliphatic carbocycles. The van der Waals surface area contributed by atoms with E-state index >= 15 is 0 Å². The summed E-state index contributed by atoms with van der Waals surface area (Å²) in [5.74, 6) is -0.122. The van der Waals surface area contributed by atoms with Gasteiger partial charge in [0.05, 0.1) is 6.26 Å². The second-order valence-corrected chi connectivity index (χ2v) is 7.01. The maximum absolute atomic E-state index is 12.0. The molecule has 0 aromatic heterocycles. The summed E-state index contributed by atoms with van der Waals surface area (Å²) in [6.45, 7) is 1.75. The zero-order valence-corrected chi connectivity index (χ0v) is 12.9. The summed E-state index contributed by atoms with van der Waals surface area (Å²) >= 11 is 0. The molecule has 7 heteroatoms. The van der Waals surface area contributed by atoms with Crippen LogP contribution in [0.15, 0.2) is 18.2 Å². The summed E-state index contributed by atoms with van der Waals surface area (Å²) in [5, 5.41) is 6.10. The lowest BCUT2D eigenvalue weighted by Crippen LogP contribution is -2.29. The predicted molar refractivity (Wildman–Crippen MR) is 83.0 cm³/mol. The first-order chi connectivity index (χ1) is 9.96. The Balaban J connectivity index is 1.81. The van der Waals surface area contributed by atoms with Gasteiger partial charge in [-0.15, -0.1) is 0 Å². The van der Waals surface area contributed by atoms with E-state index in [1.807, 2.05) is 12.1 Å². The molecule has 0 fully saturated rings. The van der Waals surface area contributed by atoms with Crippen molar-refractivity contribution in [3.8, 4) is 0 Å². The molecule has 0 atom stereocenters. The number of hydrogen-bond acceptors (Lipinski definition) is 4. The van der Waals surface area contributed by atoms with E-state index in [0.29, 0.717) is 25.1 Å². The highest BCUT2D eigenvalue weighted by molar-refractivity contribution is 7.88. The van der Waals surface area contributed by atoms with Gasteiger partial charge in [-0.1, -0.05) is 0 Å². The highest BCUT2D eigenvalue weighted by atomic mass is 32.2. The molecule has 3 N–H and O–H groups in total. The molecule has 1 amide bonds. The maximum Gasteiger partial charge on any atom is 0.251 e. The summed E-state index contributed by atoms with van der Waals surface area (Å²) in [6, 6.07) is 5.67. The third-order valence-electron chi connectivity index (χ3n) is 3.31. The van der Waals surface area contributed by atoms with Gasteiger partial charge in [-0.05, 0) is 43.0 Å². The lowest BCUT2D eigenvalue weighted by atomic mass is 10.0. The Morgan fingerprint density at radius 3 is 2.90 bits per heavy atom. The Labute approximate surface area is 125 Å². The third kappa shape index (κ3) is 5.02. The van der Waals surface area contributed by atoms with Gasteiger partial charge in [0.2, 0.25) is 10.0 Å². The van der Waals surface area contributed by atoms with Gasteiger partial charge in [-0.2, -0.15) is 0 Å². The molecule has 0 spiro atoms. The van der Waals surface area contributed by atoms with E-state index in [1.54, 1.807) is 6.07 Å². The molecule has 0 unspecified atom stereocenters. The lowest BCUT2D eigenvalue weighted by Gasteiger charge is -2.18. The Bertz CT molecular complexity index is 614. The van der Waals surface area contributed by atoms with Crippen LogP contribution in [-0.2, 0) is 16.4 Å². The smallest absolute Gasteiger partial charge is 0.251 e. The number of benzene rings is 1. The molecule has 21 heavy (non-hydrogen) atoms. The number of nitrogens with one attached hydrogen (secondary N) is 3. The van der Waals surface area contributed by atoms with E-state index in [0.717, 1.165) is 31.3 Å². The third-order valence-corrected chi connectivity index (χ3v) is 4.04. The van der Waals surface area contributed by atoms with Crippen LogP contribution in [0.2, 0.25) is 0 Å². The number of sulfonamides is 1. The van der Waals surface area contributed by atoms with Crippen LogP contribution in [0, 0.1) is 0 Å². The van der Waals surface area contributed by atoms with Crippen LogP contribution in [0.1, 0.15) is 28.8 Å². The number of amides is 1. The van der Waals surface area contributed by atoms with Crippen molar-refractivity contribution < 1.29 is 13.2 Å². The molecule has 1 heterocycles. The first kappa shape index (κ1) is 15.8. The molecule has 1 aliphatic rings. The molecular formula is C14H21N3O3S. The van der Waals surface area contributed by atoms with Gasteiger partial charge in [0.25, 0.3) is 5.91 Å². The zero-order valence-electron chi connectivity index (χ0n) is 12.1. The van der Waals surface area contributed by atoms with Crippen LogP contribution in [-0.4, -0.2) is 40.2 Å². The number of anilines is 1. The molecule has 0 bridgehead atoms. The van der Waals surface area contributed by atoms with Crippen molar-refractivity contribution in [2.75, 3.05) is 31.2 Å². The van der Waals surface area contributed by atoms with Gasteiger partial charge < -0.3 is 10.6 Å². The van der Waals surface area contributed by atoms with Crippen LogP contribution >= 0.6 is 0 Å². The fourth-order valence-corrected chi connectivity index (χ4v) is 2.78. The van der Waals surface area contributed by atoms with Crippen molar-refractivity contribution in [3.63, 3.8) is 0 Å². The summed E-state index contributed by atoms with van der Waals surface area (Å²) in [6.07, 6.45) is 3.75. The summed E-state index contributed by atoms with van der Waals surface area (Å²) < 4.78 is 24.2. The number of rotatable bonds is 6. The van der Waals surface area contributed by atoms with Gasteiger partial charge >= 0.3 is 0 Å². The minimum atomic E-state index is -3.16. The zero-order chi connectivity index (χ0) is 15.3. The number of carbonyl (C=O) groups is 1. The Morgan fingerprint density at radius 2 is 2.14 bits per heavy atom. The van der Waals surface area contributed by atoms with Crippen LogP contribution in [0.5, 0.6) is 0 Å². The minimum absolute atomic E-state index is 0.122. The predicted octanol–water partition coefficient (Wildman–Crippen LogP) is 0.714. The number of hydrogen-bond donors (Lipinski definition) is 3. The Hall–Kier alpha value is -1.60. The van der Waals surface area contributed by atoms with E-state index in [4.69, 9.17) is 0 Å². The number of carbonyl (C=O) groups excluding carboxylic acids is 1. The highest BCUT2D eigenvalue weighted by Crippen LogP contribution is 2.22. The van der Waals surface area contributed by atoms with Gasteiger partial charge in [0.1, 0.15) is 0 Å². The molecule has 0 radical (unpaired) electrons. The quantitative estimate of drug-likeness (QED) is 0.675. The average molecular weight is 311 g/mol. The molecule has 1 aromatic carbocycles. The van der Waals surface area contributed by atoms with E-state index in [-0.39, 0.29) is 5.91 Å². The SMILES string of the molecule is CS(=O)(=O)NCCCNC(=O)c1ccc2c(c1)CCCN2. The van der Waals surface area contributed by atoms with Gasteiger partial charge in [-0.3, -0.25) is 4.79 Å². The molecule has 0 saturated heterocycles. The van der Waals surface area contributed by atoms with Gasteiger partial charge in [0.15, 0.2) is 0 Å². The first-order valence-electron chi connectivity index (χ1n) is 7.05. The normalized spacial score (nSPS) is 14.1. The van der Waals surface area contributed by atoms with Crippen molar-refractivity contribution in [1.29, 1.82) is 0 Å². The van der Waals surface area contributed by atoms with Crippen molar-refractivity contribution in [2.45, 2.75) is 19.3 Å². The molecule has 116 valence electrons. The molecule has 2 rings (SSSR count). The minimum Gasteiger partial charge on any atom is -0.385 e. The summed E-state index contributed by atoms with van der Waals surface area (Å²) in [5.41, 5.74) is 2.93. The van der Waals surface area contributed by atoms with Gasteiger partial charge in [-0.25, -0.2) is 13.1 Å². The van der Waals surface area contributed by atoms with Gasteiger partial charge in [0, 0.05) is 30.9 Å². The molecule has 1 aliphatic heterocycles. The Morgan fingerprint density at radius 1 is 1.33 bits per heavy atom. The molecule has 1 aromatic rings. The van der Waals surface area contributed by atoms with Crippen molar-refractivity contribution in [2.24, 2.45) is 0 Å². The van der Waals surface area contributed by atoms with E-state index in [2.05, 4.69) is 15.4 Å². The highest BCUT2D eigenvalue weighted by Gasteiger charge is 2.12. The van der Waals surface area contributed by atoms with E-state index in [9.17, 15) is 13.2 Å². The van der Waals surface area contributed by atoms with Crippen molar-refractivity contribution >= 4 is 21.6 Å². The fourth-order valence-electron chi connectivity index (χ4n) is 2.27. The summed E-state index contributed by atoms with van der Waals surface area (Å²) in [7, 11) is -3.16. The van der Waals surface area contributed by atoms with Crippen molar-refractivity contribution in [3.05, 3.63) is 29.3 Å². The number of aryl methyl sites for hydroxylation is 1. The topological polar surface area (TPSA) is 87.3 Å². The first-order valence-corrected chi connectivity index (χ1v) is 8.94. The van der Waals surface area contributed by atoms with Crippen LogP contribution < -0.4 is 15.4 Å².